The van der Waals surface area contributed by atoms with E-state index in [-0.39, 0.29) is 0 Å². The van der Waals surface area contributed by atoms with Crippen LogP contribution in [0.1, 0.15) is 15.9 Å². The number of hydrogen-bond donors (Lipinski definition) is 2. The molecule has 0 aliphatic rings. The molecule has 2 aromatic rings. The molecule has 6 nitrogen and oxygen atoms in total. The highest BCUT2D eigenvalue weighted by Crippen LogP contribution is 2.27. The summed E-state index contributed by atoms with van der Waals surface area (Å²) in [5.41, 5.74) is 6.57. The summed E-state index contributed by atoms with van der Waals surface area (Å²) in [4.78, 5) is 15.1. The monoisotopic (exact) mass is 287 g/mol. The first-order chi connectivity index (χ1) is 10.1. The zero-order valence-corrected chi connectivity index (χ0v) is 11.9. The minimum absolute atomic E-state index is 0.381. The third-order valence-electron chi connectivity index (χ3n) is 2.97. The van der Waals surface area contributed by atoms with Crippen LogP contribution in [-0.2, 0) is 6.54 Å². The fourth-order valence-corrected chi connectivity index (χ4v) is 1.83. The van der Waals surface area contributed by atoms with E-state index >= 15 is 0 Å². The van der Waals surface area contributed by atoms with Crippen LogP contribution in [0.5, 0.6) is 11.5 Å². The Hall–Kier alpha value is -2.76. The molecule has 0 aliphatic heterocycles. The van der Waals surface area contributed by atoms with Gasteiger partial charge in [-0.2, -0.15) is 0 Å². The van der Waals surface area contributed by atoms with E-state index in [0.717, 1.165) is 5.56 Å². The molecule has 0 radical (unpaired) electrons. The molecule has 0 saturated carbocycles. The van der Waals surface area contributed by atoms with Gasteiger partial charge in [0, 0.05) is 12.7 Å². The number of nitrogens with one attached hydrogen (secondary N) is 1. The van der Waals surface area contributed by atoms with E-state index in [4.69, 9.17) is 15.2 Å². The molecule has 1 amide bonds. The van der Waals surface area contributed by atoms with Crippen molar-refractivity contribution in [3.63, 3.8) is 0 Å². The number of ether oxygens (including phenoxy) is 2. The van der Waals surface area contributed by atoms with E-state index in [1.807, 2.05) is 18.2 Å². The normalized spacial score (nSPS) is 10.0. The first-order valence-corrected chi connectivity index (χ1v) is 6.34. The summed E-state index contributed by atoms with van der Waals surface area (Å²) in [5, 5.41) is 3.16. The van der Waals surface area contributed by atoms with E-state index in [2.05, 4.69) is 10.3 Å². The van der Waals surface area contributed by atoms with E-state index in [0.29, 0.717) is 29.4 Å². The molecule has 0 spiro atoms. The van der Waals surface area contributed by atoms with E-state index in [9.17, 15) is 4.79 Å². The largest absolute Gasteiger partial charge is 0.493 e. The van der Waals surface area contributed by atoms with Gasteiger partial charge in [0.1, 0.15) is 5.82 Å². The Morgan fingerprint density at radius 2 is 1.95 bits per heavy atom. The molecule has 1 aromatic heterocycles. The van der Waals surface area contributed by atoms with Gasteiger partial charge < -0.3 is 20.5 Å². The van der Waals surface area contributed by atoms with Gasteiger partial charge >= 0.3 is 0 Å². The van der Waals surface area contributed by atoms with Crippen LogP contribution in [0.25, 0.3) is 0 Å². The second-order valence-electron chi connectivity index (χ2n) is 4.34. The van der Waals surface area contributed by atoms with Gasteiger partial charge in [-0.15, -0.1) is 0 Å². The Morgan fingerprint density at radius 3 is 2.52 bits per heavy atom. The van der Waals surface area contributed by atoms with E-state index in [1.54, 1.807) is 26.4 Å². The molecule has 0 bridgehead atoms. The molecule has 0 saturated heterocycles. The number of aromatic nitrogens is 1. The number of nitrogens with two attached hydrogens (primary N) is 1. The smallest absolute Gasteiger partial charge is 0.250 e. The summed E-state index contributed by atoms with van der Waals surface area (Å²) in [6, 6.07) is 9.02. The highest BCUT2D eigenvalue weighted by atomic mass is 16.5. The number of hydrogen-bond acceptors (Lipinski definition) is 5. The van der Waals surface area contributed by atoms with Gasteiger partial charge in [0.2, 0.25) is 5.91 Å². The summed E-state index contributed by atoms with van der Waals surface area (Å²) in [6.07, 6.45) is 1.44. The zero-order valence-electron chi connectivity index (χ0n) is 11.9. The van der Waals surface area contributed by atoms with Gasteiger partial charge in [-0.25, -0.2) is 4.98 Å². The predicted octanol–water partition coefficient (Wildman–Crippen LogP) is 1.81. The SMILES string of the molecule is COc1ccc(CNc2ccc(C(N)=O)cn2)cc1OC. The van der Waals surface area contributed by atoms with Crippen molar-refractivity contribution in [1.82, 2.24) is 4.98 Å². The molecule has 0 unspecified atom stereocenters. The van der Waals surface area contributed by atoms with Crippen LogP contribution in [0.4, 0.5) is 5.82 Å². The van der Waals surface area contributed by atoms with Crippen LogP contribution < -0.4 is 20.5 Å². The quantitative estimate of drug-likeness (QED) is 0.846. The van der Waals surface area contributed by atoms with Crippen LogP contribution in [0.3, 0.4) is 0 Å². The topological polar surface area (TPSA) is 86.5 Å². The lowest BCUT2D eigenvalue weighted by Crippen LogP contribution is -2.11. The van der Waals surface area contributed by atoms with E-state index < -0.39 is 5.91 Å². The molecule has 0 fully saturated rings. The van der Waals surface area contributed by atoms with Crippen molar-refractivity contribution in [3.8, 4) is 11.5 Å². The Balaban J connectivity index is 2.04. The molecular weight excluding hydrogens is 270 g/mol. The fourth-order valence-electron chi connectivity index (χ4n) is 1.83. The lowest BCUT2D eigenvalue weighted by molar-refractivity contribution is 0.1000. The average Bonchev–Trinajstić information content (AvgIpc) is 2.52. The number of primary amides is 1. The number of benzene rings is 1. The number of carbonyl (C=O) groups excluding carboxylic acids is 1. The van der Waals surface area contributed by atoms with Crippen LogP contribution in [0, 0.1) is 0 Å². The summed E-state index contributed by atoms with van der Waals surface area (Å²) >= 11 is 0. The highest BCUT2D eigenvalue weighted by molar-refractivity contribution is 5.92. The van der Waals surface area contributed by atoms with Crippen molar-refractivity contribution in [2.24, 2.45) is 5.73 Å². The van der Waals surface area contributed by atoms with Gasteiger partial charge in [0.05, 0.1) is 19.8 Å². The predicted molar refractivity (Wildman–Crippen MR) is 79.6 cm³/mol. The summed E-state index contributed by atoms with van der Waals surface area (Å²) in [7, 11) is 3.19. The Bertz CT molecular complexity index is 627. The van der Waals surface area contributed by atoms with Crippen molar-refractivity contribution < 1.29 is 14.3 Å². The second kappa shape index (κ2) is 6.60. The number of methoxy groups -OCH3 is 2. The number of anilines is 1. The number of rotatable bonds is 6. The van der Waals surface area contributed by atoms with Crippen molar-refractivity contribution in [2.75, 3.05) is 19.5 Å². The van der Waals surface area contributed by atoms with Crippen molar-refractivity contribution in [1.29, 1.82) is 0 Å². The van der Waals surface area contributed by atoms with Gasteiger partial charge in [-0.3, -0.25) is 4.79 Å². The molecule has 1 heterocycles. The maximum Gasteiger partial charge on any atom is 0.250 e. The maximum absolute atomic E-state index is 11.0. The molecule has 110 valence electrons. The van der Waals surface area contributed by atoms with Gasteiger partial charge in [-0.1, -0.05) is 6.07 Å². The zero-order chi connectivity index (χ0) is 15.2. The average molecular weight is 287 g/mol. The lowest BCUT2D eigenvalue weighted by Gasteiger charge is -2.10. The number of amides is 1. The molecule has 6 heteroatoms. The van der Waals surface area contributed by atoms with Gasteiger partial charge in [0.15, 0.2) is 11.5 Å². The molecule has 21 heavy (non-hydrogen) atoms. The number of nitrogens with zero attached hydrogens (tertiary/aromatic N) is 1. The van der Waals surface area contributed by atoms with E-state index in [1.165, 1.54) is 6.20 Å². The van der Waals surface area contributed by atoms with Crippen LogP contribution in [0.2, 0.25) is 0 Å². The first kappa shape index (κ1) is 14.6. The molecule has 0 atom stereocenters. The summed E-state index contributed by atoms with van der Waals surface area (Å²) < 4.78 is 10.4. The Labute approximate surface area is 122 Å². The second-order valence-corrected chi connectivity index (χ2v) is 4.34. The molecule has 1 aromatic carbocycles. The third kappa shape index (κ3) is 3.62. The first-order valence-electron chi connectivity index (χ1n) is 6.34. The summed E-state index contributed by atoms with van der Waals surface area (Å²) in [6.45, 7) is 0.573. The molecular formula is C15H17N3O3. The van der Waals surface area contributed by atoms with Crippen LogP contribution in [-0.4, -0.2) is 25.1 Å². The molecule has 2 rings (SSSR count). The number of carbonyl (C=O) groups is 1. The van der Waals surface area contributed by atoms with Crippen LogP contribution >= 0.6 is 0 Å². The van der Waals surface area contributed by atoms with Crippen molar-refractivity contribution in [2.45, 2.75) is 6.54 Å². The molecule has 0 aliphatic carbocycles. The van der Waals surface area contributed by atoms with Crippen molar-refractivity contribution >= 4 is 11.7 Å². The Kier molecular flexibility index (Phi) is 4.61. The third-order valence-corrected chi connectivity index (χ3v) is 2.97. The minimum atomic E-state index is -0.492. The number of pyridine rings is 1. The highest BCUT2D eigenvalue weighted by Gasteiger charge is 2.05. The van der Waals surface area contributed by atoms with Gasteiger partial charge in [-0.05, 0) is 29.8 Å². The van der Waals surface area contributed by atoms with Crippen LogP contribution in [0.15, 0.2) is 36.5 Å². The maximum atomic E-state index is 11.0. The fraction of sp³-hybridized carbons (Fsp3) is 0.200. The Morgan fingerprint density at radius 1 is 1.19 bits per heavy atom. The minimum Gasteiger partial charge on any atom is -0.493 e. The lowest BCUT2D eigenvalue weighted by atomic mass is 10.2. The standard InChI is InChI=1S/C15H17N3O3/c1-20-12-5-3-10(7-13(12)21-2)8-17-14-6-4-11(9-18-14)15(16)19/h3-7,9H,8H2,1-2H3,(H2,16,19)(H,17,18). The molecule has 3 N–H and O–H groups in total. The van der Waals surface area contributed by atoms with Gasteiger partial charge in [0.25, 0.3) is 0 Å². The van der Waals surface area contributed by atoms with Crippen molar-refractivity contribution in [3.05, 3.63) is 47.7 Å². The summed E-state index contributed by atoms with van der Waals surface area (Å²) in [5.74, 6) is 1.53.